The molecule has 0 radical (unpaired) electrons. The Labute approximate surface area is 79.1 Å². The third kappa shape index (κ3) is 3.16. The molecule has 1 aromatic heterocycles. The van der Waals surface area contributed by atoms with Crippen LogP contribution in [0.25, 0.3) is 0 Å². The predicted octanol–water partition coefficient (Wildman–Crippen LogP) is -1.20. The molecule has 0 spiro atoms. The Hall–Kier alpha value is -1.50. The van der Waals surface area contributed by atoms with Crippen molar-refractivity contribution in [2.75, 3.05) is 0 Å². The second-order valence-electron chi connectivity index (χ2n) is 2.17. The van der Waals surface area contributed by atoms with Gasteiger partial charge >= 0.3 is 11.7 Å². The summed E-state index contributed by atoms with van der Waals surface area (Å²) in [6.07, 6.45) is 0.696. The van der Waals surface area contributed by atoms with Crippen molar-refractivity contribution >= 4 is 19.5 Å². The summed E-state index contributed by atoms with van der Waals surface area (Å²) in [5.74, 6) is -1.12. The van der Waals surface area contributed by atoms with Gasteiger partial charge in [-0.25, -0.2) is 4.79 Å². The topological polar surface area (TPSA) is 103 Å². The number of aromatic amines is 2. The highest BCUT2D eigenvalue weighted by atomic mass is 32.1. The molecule has 0 aliphatic carbocycles. The largest absolute Gasteiger partial charge is 0.481 e. The van der Waals surface area contributed by atoms with Crippen molar-refractivity contribution in [2.45, 2.75) is 6.42 Å². The molecule has 0 aliphatic rings. The molecular weight excluding hydrogens is 196 g/mol. The standard InChI is InChI=1S/C6H6N2O4.H2S/c9-4(10)1-3-2-7-6(12)8-5(3)11;/h2H,1H2,(H,9,10)(H2,7,8,11,12);1H2. The maximum absolute atomic E-state index is 10.8. The van der Waals surface area contributed by atoms with Gasteiger partial charge in [0.25, 0.3) is 5.56 Å². The van der Waals surface area contributed by atoms with E-state index in [0.717, 1.165) is 6.20 Å². The number of aliphatic carboxylic acids is 1. The van der Waals surface area contributed by atoms with E-state index in [9.17, 15) is 14.4 Å². The maximum atomic E-state index is 10.8. The van der Waals surface area contributed by atoms with Crippen LogP contribution < -0.4 is 11.2 Å². The van der Waals surface area contributed by atoms with E-state index < -0.39 is 23.6 Å². The Balaban J connectivity index is 0.00000144. The minimum Gasteiger partial charge on any atom is -0.481 e. The highest BCUT2D eigenvalue weighted by Gasteiger charge is 2.04. The van der Waals surface area contributed by atoms with E-state index in [-0.39, 0.29) is 19.1 Å². The molecule has 0 amide bonds. The van der Waals surface area contributed by atoms with Gasteiger partial charge in [-0.2, -0.15) is 13.5 Å². The van der Waals surface area contributed by atoms with Crippen LogP contribution in [0, 0.1) is 0 Å². The molecule has 0 bridgehead atoms. The van der Waals surface area contributed by atoms with E-state index >= 15 is 0 Å². The Kier molecular flexibility index (Phi) is 3.99. The van der Waals surface area contributed by atoms with E-state index in [0.29, 0.717) is 0 Å². The maximum Gasteiger partial charge on any atom is 0.325 e. The number of aromatic nitrogens is 2. The zero-order chi connectivity index (χ0) is 9.14. The second kappa shape index (κ2) is 4.51. The number of nitrogens with one attached hydrogen (secondary N) is 2. The molecule has 0 unspecified atom stereocenters. The monoisotopic (exact) mass is 204 g/mol. The second-order valence-corrected chi connectivity index (χ2v) is 2.17. The number of carboxylic acids is 1. The van der Waals surface area contributed by atoms with Crippen LogP contribution >= 0.6 is 13.5 Å². The van der Waals surface area contributed by atoms with Crippen LogP contribution in [-0.2, 0) is 11.2 Å². The lowest BCUT2D eigenvalue weighted by atomic mass is 10.2. The molecule has 0 aliphatic heterocycles. The first-order chi connectivity index (χ1) is 5.59. The molecule has 1 aromatic rings. The van der Waals surface area contributed by atoms with Crippen LogP contribution in [0.3, 0.4) is 0 Å². The van der Waals surface area contributed by atoms with Gasteiger partial charge in [0.2, 0.25) is 0 Å². The van der Waals surface area contributed by atoms with Crippen molar-refractivity contribution in [3.8, 4) is 0 Å². The fourth-order valence-electron chi connectivity index (χ4n) is 0.732. The quantitative estimate of drug-likeness (QED) is 0.563. The van der Waals surface area contributed by atoms with E-state index in [1.165, 1.54) is 0 Å². The molecule has 0 fully saturated rings. The summed E-state index contributed by atoms with van der Waals surface area (Å²) < 4.78 is 0. The normalized spacial score (nSPS) is 8.92. The van der Waals surface area contributed by atoms with Gasteiger partial charge in [0.1, 0.15) is 0 Å². The molecule has 1 rings (SSSR count). The Bertz CT molecular complexity index is 408. The fourth-order valence-corrected chi connectivity index (χ4v) is 0.732. The molecule has 0 aromatic carbocycles. The first-order valence-electron chi connectivity index (χ1n) is 3.12. The van der Waals surface area contributed by atoms with Gasteiger partial charge in [-0.15, -0.1) is 0 Å². The summed E-state index contributed by atoms with van der Waals surface area (Å²) in [6, 6.07) is 0. The average molecular weight is 204 g/mol. The van der Waals surface area contributed by atoms with Crippen molar-refractivity contribution in [3.05, 3.63) is 32.6 Å². The van der Waals surface area contributed by atoms with E-state index in [1.807, 2.05) is 4.98 Å². The molecule has 13 heavy (non-hydrogen) atoms. The number of carbonyl (C=O) groups is 1. The van der Waals surface area contributed by atoms with Crippen molar-refractivity contribution in [3.63, 3.8) is 0 Å². The Morgan fingerprint density at radius 3 is 2.54 bits per heavy atom. The van der Waals surface area contributed by atoms with Gasteiger partial charge < -0.3 is 10.1 Å². The van der Waals surface area contributed by atoms with Crippen molar-refractivity contribution < 1.29 is 9.90 Å². The molecule has 0 atom stereocenters. The Morgan fingerprint density at radius 2 is 2.08 bits per heavy atom. The van der Waals surface area contributed by atoms with Crippen molar-refractivity contribution in [1.29, 1.82) is 0 Å². The van der Waals surface area contributed by atoms with Gasteiger partial charge in [-0.1, -0.05) is 0 Å². The minimum absolute atomic E-state index is 0. The van der Waals surface area contributed by atoms with Crippen molar-refractivity contribution in [2.24, 2.45) is 0 Å². The lowest BCUT2D eigenvalue weighted by Crippen LogP contribution is -2.25. The number of hydrogen-bond acceptors (Lipinski definition) is 3. The van der Waals surface area contributed by atoms with E-state index in [2.05, 4.69) is 4.98 Å². The molecule has 3 N–H and O–H groups in total. The van der Waals surface area contributed by atoms with Crippen LogP contribution in [0.15, 0.2) is 15.8 Å². The van der Waals surface area contributed by atoms with Crippen LogP contribution in [0.4, 0.5) is 0 Å². The fraction of sp³-hybridized carbons (Fsp3) is 0.167. The van der Waals surface area contributed by atoms with E-state index in [4.69, 9.17) is 5.11 Å². The number of H-pyrrole nitrogens is 2. The molecular formula is C6H8N2O4S. The van der Waals surface area contributed by atoms with Gasteiger partial charge in [0.15, 0.2) is 0 Å². The third-order valence-electron chi connectivity index (χ3n) is 1.24. The molecule has 0 saturated carbocycles. The smallest absolute Gasteiger partial charge is 0.325 e. The van der Waals surface area contributed by atoms with Crippen molar-refractivity contribution in [1.82, 2.24) is 9.97 Å². The highest BCUT2D eigenvalue weighted by molar-refractivity contribution is 7.59. The Morgan fingerprint density at radius 1 is 1.46 bits per heavy atom. The van der Waals surface area contributed by atoms with Gasteiger partial charge in [0.05, 0.1) is 6.42 Å². The van der Waals surface area contributed by atoms with E-state index in [1.54, 1.807) is 0 Å². The molecule has 1 heterocycles. The zero-order valence-corrected chi connectivity index (χ0v) is 7.46. The number of hydrogen-bond donors (Lipinski definition) is 3. The highest BCUT2D eigenvalue weighted by Crippen LogP contribution is 1.85. The molecule has 72 valence electrons. The van der Waals surface area contributed by atoms with Crippen LogP contribution in [0.5, 0.6) is 0 Å². The van der Waals surface area contributed by atoms with Crippen LogP contribution in [0.2, 0.25) is 0 Å². The number of carboxylic acid groups (broad SMARTS) is 1. The molecule has 0 saturated heterocycles. The summed E-state index contributed by atoms with van der Waals surface area (Å²) >= 11 is 0. The average Bonchev–Trinajstić information content (AvgIpc) is 1.94. The third-order valence-corrected chi connectivity index (χ3v) is 1.24. The summed E-state index contributed by atoms with van der Waals surface area (Å²) in [5.41, 5.74) is -1.28. The first-order valence-corrected chi connectivity index (χ1v) is 3.12. The molecule has 6 nitrogen and oxygen atoms in total. The summed E-state index contributed by atoms with van der Waals surface area (Å²) in [4.78, 5) is 35.6. The summed E-state index contributed by atoms with van der Waals surface area (Å²) in [5, 5.41) is 8.32. The zero-order valence-electron chi connectivity index (χ0n) is 6.46. The predicted molar refractivity (Wildman–Crippen MR) is 49.4 cm³/mol. The minimum atomic E-state index is -1.12. The number of rotatable bonds is 2. The van der Waals surface area contributed by atoms with Gasteiger partial charge in [-0.3, -0.25) is 14.6 Å². The first kappa shape index (κ1) is 11.5. The lowest BCUT2D eigenvalue weighted by molar-refractivity contribution is -0.136. The van der Waals surface area contributed by atoms with Gasteiger partial charge in [-0.05, 0) is 0 Å². The summed E-state index contributed by atoms with van der Waals surface area (Å²) in [7, 11) is 0. The van der Waals surface area contributed by atoms with Crippen LogP contribution in [-0.4, -0.2) is 21.0 Å². The van der Waals surface area contributed by atoms with Gasteiger partial charge in [0, 0.05) is 11.8 Å². The lowest BCUT2D eigenvalue weighted by Gasteiger charge is -1.92. The summed E-state index contributed by atoms with van der Waals surface area (Å²) in [6.45, 7) is 0. The SMILES string of the molecule is O=C(O)Cc1c[nH]c(=O)[nH]c1=O.S. The van der Waals surface area contributed by atoms with Crippen LogP contribution in [0.1, 0.15) is 5.56 Å². The molecule has 7 heteroatoms.